The maximum Gasteiger partial charge on any atom is 0.249 e. The van der Waals surface area contributed by atoms with E-state index in [1.165, 1.54) is 4.88 Å². The molecule has 3 nitrogen and oxygen atoms in total. The summed E-state index contributed by atoms with van der Waals surface area (Å²) in [5.41, 5.74) is 5.80. The molecule has 0 bridgehead atoms. The summed E-state index contributed by atoms with van der Waals surface area (Å²) in [4.78, 5) is 13.4. The van der Waals surface area contributed by atoms with E-state index in [0.717, 1.165) is 11.4 Å². The van der Waals surface area contributed by atoms with Crippen molar-refractivity contribution in [1.82, 2.24) is 5.32 Å². The van der Waals surface area contributed by atoms with Gasteiger partial charge in [0.15, 0.2) is 0 Å². The fourth-order valence-corrected chi connectivity index (χ4v) is 3.08. The van der Waals surface area contributed by atoms with E-state index in [4.69, 9.17) is 5.73 Å². The molecule has 0 unspecified atom stereocenters. The molecule has 1 amide bonds. The fourth-order valence-electron chi connectivity index (χ4n) is 1.49. The second kappa shape index (κ2) is 5.44. The Labute approximate surface area is 108 Å². The van der Waals surface area contributed by atoms with Gasteiger partial charge in [0.25, 0.3) is 0 Å². The van der Waals surface area contributed by atoms with Gasteiger partial charge in [-0.1, -0.05) is 6.07 Å². The molecule has 2 heterocycles. The summed E-state index contributed by atoms with van der Waals surface area (Å²) in [6.07, 6.45) is 0. The van der Waals surface area contributed by atoms with Gasteiger partial charge in [-0.15, -0.1) is 22.7 Å². The minimum atomic E-state index is -0.362. The molecule has 17 heavy (non-hydrogen) atoms. The average Bonchev–Trinajstić information content (AvgIpc) is 2.97. The Bertz CT molecular complexity index is 490. The fraction of sp³-hybridized carbons (Fsp3) is 0.250. The standard InChI is InChI=1S/C12H14N2OS2/c1-8(11-3-2-4-16-11)14-6-10-5-9(7-17-10)12(13)15/h2-5,7-8,14H,6H2,1H3,(H2,13,15)/t8-/m1/s1. The van der Waals surface area contributed by atoms with Gasteiger partial charge in [-0.3, -0.25) is 4.79 Å². The van der Waals surface area contributed by atoms with Crippen LogP contribution in [0.1, 0.15) is 33.1 Å². The highest BCUT2D eigenvalue weighted by Crippen LogP contribution is 2.20. The largest absolute Gasteiger partial charge is 0.366 e. The third-order valence-corrected chi connectivity index (χ3v) is 4.48. The Morgan fingerprint density at radius 2 is 2.35 bits per heavy atom. The maximum atomic E-state index is 10.9. The van der Waals surface area contributed by atoms with Gasteiger partial charge >= 0.3 is 0 Å². The number of carbonyl (C=O) groups is 1. The molecule has 90 valence electrons. The summed E-state index contributed by atoms with van der Waals surface area (Å²) in [6, 6.07) is 6.34. The summed E-state index contributed by atoms with van der Waals surface area (Å²) in [5.74, 6) is -0.362. The lowest BCUT2D eigenvalue weighted by atomic mass is 10.2. The van der Waals surface area contributed by atoms with E-state index in [1.54, 1.807) is 28.1 Å². The van der Waals surface area contributed by atoms with Crippen LogP contribution >= 0.6 is 22.7 Å². The predicted octanol–water partition coefficient (Wildman–Crippen LogP) is 2.76. The molecule has 0 spiro atoms. The van der Waals surface area contributed by atoms with Crippen LogP contribution in [0.25, 0.3) is 0 Å². The van der Waals surface area contributed by atoms with Gasteiger partial charge in [-0.25, -0.2) is 0 Å². The van der Waals surface area contributed by atoms with E-state index in [1.807, 2.05) is 6.07 Å². The quantitative estimate of drug-likeness (QED) is 0.874. The van der Waals surface area contributed by atoms with Crippen LogP contribution in [0, 0.1) is 0 Å². The second-order valence-corrected chi connectivity index (χ2v) is 5.76. The van der Waals surface area contributed by atoms with E-state index in [0.29, 0.717) is 11.6 Å². The van der Waals surface area contributed by atoms with Crippen LogP contribution in [-0.2, 0) is 6.54 Å². The molecule has 0 saturated carbocycles. The Morgan fingerprint density at radius 3 is 2.94 bits per heavy atom. The lowest BCUT2D eigenvalue weighted by molar-refractivity contribution is 0.100. The molecule has 0 radical (unpaired) electrons. The highest BCUT2D eigenvalue weighted by molar-refractivity contribution is 7.10. The number of rotatable bonds is 5. The Morgan fingerprint density at radius 1 is 1.53 bits per heavy atom. The number of carbonyl (C=O) groups excluding carboxylic acids is 1. The zero-order valence-electron chi connectivity index (χ0n) is 9.47. The summed E-state index contributed by atoms with van der Waals surface area (Å²) in [7, 11) is 0. The molecule has 0 aromatic carbocycles. The van der Waals surface area contributed by atoms with Crippen molar-refractivity contribution in [2.75, 3.05) is 0 Å². The molecule has 2 aromatic rings. The highest BCUT2D eigenvalue weighted by atomic mass is 32.1. The average molecular weight is 266 g/mol. The van der Waals surface area contributed by atoms with Crippen LogP contribution < -0.4 is 11.1 Å². The lowest BCUT2D eigenvalue weighted by Gasteiger charge is -2.10. The first-order valence-corrected chi connectivity index (χ1v) is 7.06. The van der Waals surface area contributed by atoms with Gasteiger partial charge < -0.3 is 11.1 Å². The molecule has 0 aliphatic heterocycles. The molecule has 1 atom stereocenters. The Hall–Kier alpha value is -1.17. The molecule has 2 rings (SSSR count). The van der Waals surface area contributed by atoms with Crippen molar-refractivity contribution in [3.8, 4) is 0 Å². The van der Waals surface area contributed by atoms with Crippen molar-refractivity contribution < 1.29 is 4.79 Å². The van der Waals surface area contributed by atoms with Crippen molar-refractivity contribution in [2.24, 2.45) is 5.73 Å². The monoisotopic (exact) mass is 266 g/mol. The van der Waals surface area contributed by atoms with Crippen molar-refractivity contribution in [3.05, 3.63) is 44.3 Å². The van der Waals surface area contributed by atoms with Crippen molar-refractivity contribution in [3.63, 3.8) is 0 Å². The second-order valence-electron chi connectivity index (χ2n) is 3.78. The number of thiophene rings is 2. The first kappa shape index (κ1) is 12.3. The third-order valence-electron chi connectivity index (χ3n) is 2.49. The SMILES string of the molecule is C[C@@H](NCc1cc(C(N)=O)cs1)c1cccs1. The van der Waals surface area contributed by atoms with Gasteiger partial charge in [-0.05, 0) is 24.4 Å². The van der Waals surface area contributed by atoms with Gasteiger partial charge in [0.1, 0.15) is 0 Å². The molecule has 0 aliphatic carbocycles. The maximum absolute atomic E-state index is 10.9. The molecule has 0 fully saturated rings. The molecule has 3 N–H and O–H groups in total. The third kappa shape index (κ3) is 3.15. The van der Waals surface area contributed by atoms with Crippen LogP contribution in [0.4, 0.5) is 0 Å². The predicted molar refractivity (Wildman–Crippen MR) is 72.4 cm³/mol. The van der Waals surface area contributed by atoms with Gasteiger partial charge in [0.2, 0.25) is 5.91 Å². The van der Waals surface area contributed by atoms with Gasteiger partial charge in [0, 0.05) is 27.7 Å². The van der Waals surface area contributed by atoms with E-state index >= 15 is 0 Å². The van der Waals surface area contributed by atoms with Crippen molar-refractivity contribution in [2.45, 2.75) is 19.5 Å². The number of primary amides is 1. The smallest absolute Gasteiger partial charge is 0.249 e. The lowest BCUT2D eigenvalue weighted by Crippen LogP contribution is -2.16. The molecular formula is C12H14N2OS2. The summed E-state index contributed by atoms with van der Waals surface area (Å²) in [6.45, 7) is 2.89. The normalized spacial score (nSPS) is 12.5. The Kier molecular flexibility index (Phi) is 3.93. The molecule has 0 saturated heterocycles. The van der Waals surface area contributed by atoms with Crippen LogP contribution in [0.15, 0.2) is 29.0 Å². The van der Waals surface area contributed by atoms with E-state index in [2.05, 4.69) is 29.8 Å². The number of hydrogen-bond donors (Lipinski definition) is 2. The summed E-state index contributed by atoms with van der Waals surface area (Å²) >= 11 is 3.30. The summed E-state index contributed by atoms with van der Waals surface area (Å²) < 4.78 is 0. The van der Waals surface area contributed by atoms with Gasteiger partial charge in [-0.2, -0.15) is 0 Å². The zero-order valence-corrected chi connectivity index (χ0v) is 11.1. The van der Waals surface area contributed by atoms with E-state index in [-0.39, 0.29) is 5.91 Å². The number of hydrogen-bond acceptors (Lipinski definition) is 4. The number of nitrogens with one attached hydrogen (secondary N) is 1. The number of nitrogens with two attached hydrogens (primary N) is 1. The van der Waals surface area contributed by atoms with E-state index in [9.17, 15) is 4.79 Å². The minimum absolute atomic E-state index is 0.328. The molecule has 2 aromatic heterocycles. The molecule has 0 aliphatic rings. The van der Waals surface area contributed by atoms with Crippen LogP contribution in [0.3, 0.4) is 0 Å². The minimum Gasteiger partial charge on any atom is -0.366 e. The molecular weight excluding hydrogens is 252 g/mol. The summed E-state index contributed by atoms with van der Waals surface area (Å²) in [5, 5.41) is 7.30. The highest BCUT2D eigenvalue weighted by Gasteiger charge is 2.08. The van der Waals surface area contributed by atoms with Gasteiger partial charge in [0.05, 0.1) is 5.56 Å². The van der Waals surface area contributed by atoms with Crippen molar-refractivity contribution >= 4 is 28.6 Å². The van der Waals surface area contributed by atoms with E-state index < -0.39 is 0 Å². The zero-order chi connectivity index (χ0) is 12.3. The topological polar surface area (TPSA) is 55.1 Å². The first-order chi connectivity index (χ1) is 8.16. The van der Waals surface area contributed by atoms with Crippen LogP contribution in [0.5, 0.6) is 0 Å². The molecule has 5 heteroatoms. The first-order valence-electron chi connectivity index (χ1n) is 5.31. The van der Waals surface area contributed by atoms with Crippen molar-refractivity contribution in [1.29, 1.82) is 0 Å². The van der Waals surface area contributed by atoms with Crippen LogP contribution in [0.2, 0.25) is 0 Å². The Balaban J connectivity index is 1.91. The number of amides is 1. The van der Waals surface area contributed by atoms with Crippen LogP contribution in [-0.4, -0.2) is 5.91 Å².